The van der Waals surface area contributed by atoms with Crippen molar-refractivity contribution in [1.29, 1.82) is 0 Å². The summed E-state index contributed by atoms with van der Waals surface area (Å²) in [6.45, 7) is 0. The zero-order valence-electron chi connectivity index (χ0n) is 10.4. The first-order chi connectivity index (χ1) is 9.32. The molecule has 0 aliphatic carbocycles. The van der Waals surface area contributed by atoms with Crippen LogP contribution in [0.1, 0.15) is 11.1 Å². The molecule has 7 heteroatoms. The molecule has 0 aromatic heterocycles. The summed E-state index contributed by atoms with van der Waals surface area (Å²) < 4.78 is 38.6. The Morgan fingerprint density at radius 2 is 2.15 bits per heavy atom. The third-order valence-electron chi connectivity index (χ3n) is 2.85. The molecule has 0 spiro atoms. The number of hydrogen-bond acceptors (Lipinski definition) is 3. The van der Waals surface area contributed by atoms with Crippen LogP contribution in [0.2, 0.25) is 0 Å². The summed E-state index contributed by atoms with van der Waals surface area (Å²) in [6, 6.07) is 2.44. The highest BCUT2D eigenvalue weighted by atomic mass is 19.4. The third kappa shape index (κ3) is 2.66. The van der Waals surface area contributed by atoms with Gasteiger partial charge in [-0.05, 0) is 29.3 Å². The lowest BCUT2D eigenvalue weighted by Gasteiger charge is -2.28. The summed E-state index contributed by atoms with van der Waals surface area (Å²) >= 11 is 0. The second-order valence-electron chi connectivity index (χ2n) is 4.26. The van der Waals surface area contributed by atoms with E-state index in [-0.39, 0.29) is 5.69 Å². The largest absolute Gasteiger partial charge is 0.478 e. The lowest BCUT2D eigenvalue weighted by atomic mass is 9.96. The fourth-order valence-electron chi connectivity index (χ4n) is 1.99. The minimum Gasteiger partial charge on any atom is -0.478 e. The molecule has 0 saturated carbocycles. The van der Waals surface area contributed by atoms with Crippen LogP contribution < -0.4 is 5.32 Å². The second kappa shape index (κ2) is 4.99. The first-order valence-corrected chi connectivity index (χ1v) is 5.67. The van der Waals surface area contributed by atoms with Crippen LogP contribution in [0.25, 0.3) is 6.08 Å². The maximum absolute atomic E-state index is 12.9. The Morgan fingerprint density at radius 1 is 1.45 bits per heavy atom. The normalized spacial score (nSPS) is 18.4. The van der Waals surface area contributed by atoms with Crippen LogP contribution in [-0.2, 0) is 4.79 Å². The highest BCUT2D eigenvalue weighted by Crippen LogP contribution is 2.35. The molecule has 1 aromatic rings. The summed E-state index contributed by atoms with van der Waals surface area (Å²) in [5, 5.41) is 11.2. The topological polar surface area (TPSA) is 61.7 Å². The van der Waals surface area contributed by atoms with Gasteiger partial charge in [0, 0.05) is 18.9 Å². The average molecular weight is 284 g/mol. The molecule has 0 radical (unpaired) electrons. The molecule has 1 unspecified atom stereocenters. The Hall–Kier alpha value is -2.31. The van der Waals surface area contributed by atoms with Gasteiger partial charge in [-0.15, -0.1) is 0 Å². The van der Waals surface area contributed by atoms with Gasteiger partial charge in [0.25, 0.3) is 0 Å². The predicted octanol–water partition coefficient (Wildman–Crippen LogP) is 2.56. The van der Waals surface area contributed by atoms with Crippen LogP contribution in [0.5, 0.6) is 0 Å². The first kappa shape index (κ1) is 14.1. The highest BCUT2D eigenvalue weighted by Gasteiger charge is 2.46. The van der Waals surface area contributed by atoms with Gasteiger partial charge in [0.2, 0.25) is 0 Å². The number of aliphatic carboxylic acids is 1. The molecule has 1 atom stereocenters. The molecular weight excluding hydrogens is 273 g/mol. The van der Waals surface area contributed by atoms with Gasteiger partial charge in [-0.2, -0.15) is 13.2 Å². The summed E-state index contributed by atoms with van der Waals surface area (Å²) in [7, 11) is 1.57. The number of anilines is 1. The van der Waals surface area contributed by atoms with Crippen molar-refractivity contribution in [3.8, 4) is 0 Å². The monoisotopic (exact) mass is 284 g/mol. The van der Waals surface area contributed by atoms with Crippen molar-refractivity contribution in [1.82, 2.24) is 0 Å². The summed E-state index contributed by atoms with van der Waals surface area (Å²) in [5.74, 6) is -1.60. The number of carboxylic acids is 1. The summed E-state index contributed by atoms with van der Waals surface area (Å²) in [6.07, 6.45) is -2.10. The standard InChI is InChI=1S/C13H11F3N2O2/c1-17-6-7-2-3-10-8(4-7)5-9(12(19)20)11(18-10)13(14,15)16/h2-6,11,18H,1H3,(H,19,20). The Labute approximate surface area is 112 Å². The quantitative estimate of drug-likeness (QED) is 0.820. The van der Waals surface area contributed by atoms with Crippen LogP contribution in [0.3, 0.4) is 0 Å². The number of carbonyl (C=O) groups is 1. The van der Waals surface area contributed by atoms with Crippen molar-refractivity contribution >= 4 is 23.9 Å². The zero-order valence-corrected chi connectivity index (χ0v) is 10.4. The van der Waals surface area contributed by atoms with Gasteiger partial charge < -0.3 is 10.4 Å². The van der Waals surface area contributed by atoms with E-state index in [0.29, 0.717) is 11.1 Å². The number of carboxylic acid groups (broad SMARTS) is 1. The number of aliphatic imine (C=N–C) groups is 1. The lowest BCUT2D eigenvalue weighted by molar-refractivity contribution is -0.146. The van der Waals surface area contributed by atoms with E-state index in [9.17, 15) is 18.0 Å². The van der Waals surface area contributed by atoms with Crippen LogP contribution >= 0.6 is 0 Å². The molecule has 1 aliphatic rings. The van der Waals surface area contributed by atoms with Gasteiger partial charge in [-0.25, -0.2) is 4.79 Å². The van der Waals surface area contributed by atoms with Gasteiger partial charge >= 0.3 is 12.1 Å². The molecule has 1 heterocycles. The predicted molar refractivity (Wildman–Crippen MR) is 69.0 cm³/mol. The molecule has 0 amide bonds. The molecule has 20 heavy (non-hydrogen) atoms. The van der Waals surface area contributed by atoms with Crippen molar-refractivity contribution < 1.29 is 23.1 Å². The van der Waals surface area contributed by atoms with Crippen molar-refractivity contribution in [2.45, 2.75) is 12.2 Å². The van der Waals surface area contributed by atoms with E-state index in [1.807, 2.05) is 0 Å². The fraction of sp³-hybridized carbons (Fsp3) is 0.231. The number of rotatable bonds is 2. The molecule has 106 valence electrons. The molecular formula is C13H11F3N2O2. The van der Waals surface area contributed by atoms with Crippen molar-refractivity contribution in [2.24, 2.45) is 4.99 Å². The maximum atomic E-state index is 12.9. The van der Waals surface area contributed by atoms with E-state index < -0.39 is 23.8 Å². The molecule has 0 fully saturated rings. The number of hydrogen-bond donors (Lipinski definition) is 2. The molecule has 1 aliphatic heterocycles. The smallest absolute Gasteiger partial charge is 0.413 e. The Bertz CT molecular complexity index is 606. The SMILES string of the molecule is CN=Cc1ccc2c(c1)C=C(C(=O)O)C(C(F)(F)F)N2. The minimum absolute atomic E-state index is 0.241. The lowest BCUT2D eigenvalue weighted by Crippen LogP contribution is -2.41. The van der Waals surface area contributed by atoms with E-state index in [1.54, 1.807) is 19.2 Å². The molecule has 2 N–H and O–H groups in total. The van der Waals surface area contributed by atoms with Crippen molar-refractivity contribution in [3.63, 3.8) is 0 Å². The van der Waals surface area contributed by atoms with Gasteiger partial charge in [0.05, 0.1) is 5.57 Å². The van der Waals surface area contributed by atoms with Crippen LogP contribution in [-0.4, -0.2) is 36.6 Å². The maximum Gasteiger partial charge on any atom is 0.413 e. The molecule has 2 rings (SSSR count). The number of alkyl halides is 3. The summed E-state index contributed by atoms with van der Waals surface area (Å²) in [5.41, 5.74) is 0.584. The van der Waals surface area contributed by atoms with Crippen LogP contribution in [0, 0.1) is 0 Å². The van der Waals surface area contributed by atoms with Gasteiger partial charge in [0.15, 0.2) is 6.04 Å². The van der Waals surface area contributed by atoms with Crippen molar-refractivity contribution in [2.75, 3.05) is 12.4 Å². The molecule has 4 nitrogen and oxygen atoms in total. The number of halogens is 3. The first-order valence-electron chi connectivity index (χ1n) is 5.67. The van der Waals surface area contributed by atoms with E-state index in [2.05, 4.69) is 10.3 Å². The van der Waals surface area contributed by atoms with Crippen molar-refractivity contribution in [3.05, 3.63) is 34.9 Å². The molecule has 1 aromatic carbocycles. The van der Waals surface area contributed by atoms with Gasteiger partial charge in [-0.3, -0.25) is 4.99 Å². The summed E-state index contributed by atoms with van der Waals surface area (Å²) in [4.78, 5) is 14.8. The fourth-order valence-corrected chi connectivity index (χ4v) is 1.99. The van der Waals surface area contributed by atoms with E-state index in [4.69, 9.17) is 5.11 Å². The second-order valence-corrected chi connectivity index (χ2v) is 4.26. The molecule has 0 saturated heterocycles. The van der Waals surface area contributed by atoms with Gasteiger partial charge in [-0.1, -0.05) is 6.07 Å². The number of fused-ring (bicyclic) bond motifs is 1. The third-order valence-corrected chi connectivity index (χ3v) is 2.85. The van der Waals surface area contributed by atoms with E-state index in [1.165, 1.54) is 12.3 Å². The number of nitrogens with one attached hydrogen (secondary N) is 1. The Balaban J connectivity index is 2.51. The van der Waals surface area contributed by atoms with E-state index in [0.717, 1.165) is 6.08 Å². The highest BCUT2D eigenvalue weighted by molar-refractivity contribution is 5.98. The number of nitrogens with zero attached hydrogens (tertiary/aromatic N) is 1. The average Bonchev–Trinajstić information content (AvgIpc) is 2.36. The van der Waals surface area contributed by atoms with E-state index >= 15 is 0 Å². The van der Waals surface area contributed by atoms with Crippen LogP contribution in [0.15, 0.2) is 28.8 Å². The zero-order chi connectivity index (χ0) is 14.9. The van der Waals surface area contributed by atoms with Gasteiger partial charge in [0.1, 0.15) is 0 Å². The molecule has 0 bridgehead atoms. The Kier molecular flexibility index (Phi) is 3.52. The number of benzene rings is 1. The van der Waals surface area contributed by atoms with Crippen LogP contribution in [0.4, 0.5) is 18.9 Å². The Morgan fingerprint density at radius 3 is 2.70 bits per heavy atom. The minimum atomic E-state index is -4.68.